The van der Waals surface area contributed by atoms with Crippen molar-refractivity contribution in [3.63, 3.8) is 0 Å². The summed E-state index contributed by atoms with van der Waals surface area (Å²) in [6, 6.07) is 0. The first kappa shape index (κ1) is 20.1. The monoisotopic (exact) mass is 315 g/mol. The molecule has 0 saturated heterocycles. The minimum atomic E-state index is -6.55. The molecule has 0 saturated carbocycles. The van der Waals surface area contributed by atoms with E-state index in [9.17, 15) is 43.2 Å². The van der Waals surface area contributed by atoms with Crippen molar-refractivity contribution in [2.75, 3.05) is 0 Å². The Balaban J connectivity index is 0. The van der Waals surface area contributed by atoms with Crippen molar-refractivity contribution in [2.24, 2.45) is 0 Å². The van der Waals surface area contributed by atoms with Crippen LogP contribution in [0.3, 0.4) is 0 Å². The van der Waals surface area contributed by atoms with Crippen LogP contribution in [0.4, 0.5) is 26.3 Å². The van der Waals surface area contributed by atoms with Crippen LogP contribution in [0.2, 0.25) is 0 Å². The molecule has 5 nitrogen and oxygen atoms in total. The van der Waals surface area contributed by atoms with Gasteiger partial charge in [0.15, 0.2) is 15.7 Å². The molecule has 0 atom stereocenters. The average Bonchev–Trinajstić information content (AvgIpc) is 2.15. The van der Waals surface area contributed by atoms with Gasteiger partial charge in [0, 0.05) is 0 Å². The van der Waals surface area contributed by atoms with Gasteiger partial charge in [0.05, 0.1) is 0 Å². The zero-order valence-corrected chi connectivity index (χ0v) is 9.08. The second kappa shape index (κ2) is 5.80. The van der Waals surface area contributed by atoms with Crippen LogP contribution in [0, 0.1) is 5.41 Å². The fourth-order valence-corrected chi connectivity index (χ4v) is 1.31. The van der Waals surface area contributed by atoms with Crippen LogP contribution in [-0.4, -0.2) is 57.8 Å². The maximum absolute atomic E-state index is 12.6. The number of alkyl halides is 6. The van der Waals surface area contributed by atoms with Gasteiger partial charge in [-0.15, -0.1) is 0 Å². The molecule has 0 aromatic heterocycles. The van der Waals surface area contributed by atoms with Crippen molar-refractivity contribution in [1.82, 2.24) is 0 Å². The SMILES string of the molecule is N=C([SH](=O)=O)C(F)(F)C(F)(F)C(F)(F)[SH](=O)=O.[LiH]. The molecular weight excluding hydrogens is 311 g/mol. The molecular formula is C4H4F6LiNO4S2. The summed E-state index contributed by atoms with van der Waals surface area (Å²) in [5.74, 6) is -12.7. The van der Waals surface area contributed by atoms with Crippen LogP contribution >= 0.6 is 0 Å². The zero-order valence-electron chi connectivity index (χ0n) is 7.30. The van der Waals surface area contributed by atoms with Crippen LogP contribution in [0.15, 0.2) is 0 Å². The Labute approximate surface area is 111 Å². The Morgan fingerprint density at radius 1 is 0.889 bits per heavy atom. The van der Waals surface area contributed by atoms with Crippen molar-refractivity contribution < 1.29 is 43.2 Å². The normalized spacial score (nSPS) is 13.6. The van der Waals surface area contributed by atoms with Crippen molar-refractivity contribution in [1.29, 1.82) is 5.41 Å². The number of nitrogens with one attached hydrogen (secondary N) is 1. The van der Waals surface area contributed by atoms with E-state index in [-0.39, 0.29) is 18.9 Å². The summed E-state index contributed by atoms with van der Waals surface area (Å²) in [5, 5.41) is -3.13. The van der Waals surface area contributed by atoms with E-state index in [4.69, 9.17) is 5.41 Å². The fourth-order valence-electron chi connectivity index (χ4n) is 0.567. The Hall–Kier alpha value is -0.253. The third-order valence-corrected chi connectivity index (χ3v) is 2.87. The number of rotatable bonds is 4. The van der Waals surface area contributed by atoms with Gasteiger partial charge in [-0.05, 0) is 0 Å². The predicted molar refractivity (Wildman–Crippen MR) is 50.3 cm³/mol. The molecule has 1 N–H and O–H groups in total. The first-order chi connectivity index (χ1) is 7.30. The average molecular weight is 315 g/mol. The van der Waals surface area contributed by atoms with Gasteiger partial charge in [0.25, 0.3) is 0 Å². The number of thiol groups is 2. The van der Waals surface area contributed by atoms with E-state index in [1.54, 1.807) is 0 Å². The first-order valence-electron chi connectivity index (χ1n) is 3.31. The molecule has 0 unspecified atom stereocenters. The third-order valence-electron chi connectivity index (χ3n) is 1.48. The van der Waals surface area contributed by atoms with Gasteiger partial charge in [-0.25, -0.2) is 16.8 Å². The molecule has 0 bridgehead atoms. The minimum absolute atomic E-state index is 0. The quantitative estimate of drug-likeness (QED) is 0.212. The predicted octanol–water partition coefficient (Wildman–Crippen LogP) is -0.599. The number of hydrogen-bond donors (Lipinski definition) is 3. The van der Waals surface area contributed by atoms with Crippen molar-refractivity contribution >= 4 is 45.3 Å². The van der Waals surface area contributed by atoms with Crippen LogP contribution in [0.5, 0.6) is 0 Å². The Bertz CT molecular complexity index is 470. The van der Waals surface area contributed by atoms with E-state index < -0.39 is 43.6 Å². The van der Waals surface area contributed by atoms with E-state index in [0.717, 1.165) is 0 Å². The van der Waals surface area contributed by atoms with E-state index in [1.807, 2.05) is 0 Å². The fraction of sp³-hybridized carbons (Fsp3) is 0.750. The van der Waals surface area contributed by atoms with Gasteiger partial charge in [-0.2, -0.15) is 26.3 Å². The topological polar surface area (TPSA) is 92.1 Å². The van der Waals surface area contributed by atoms with E-state index in [0.29, 0.717) is 0 Å². The summed E-state index contributed by atoms with van der Waals surface area (Å²) < 4.78 is 114. The van der Waals surface area contributed by atoms with Gasteiger partial charge in [0.2, 0.25) is 10.7 Å². The summed E-state index contributed by atoms with van der Waals surface area (Å²) >= 11 is 0. The van der Waals surface area contributed by atoms with Crippen LogP contribution < -0.4 is 0 Å². The molecule has 0 aliphatic carbocycles. The summed E-state index contributed by atoms with van der Waals surface area (Å²) in [7, 11) is -9.85. The second-order valence-corrected chi connectivity index (χ2v) is 4.59. The van der Waals surface area contributed by atoms with Gasteiger partial charge in [-0.1, -0.05) is 0 Å². The Morgan fingerprint density at radius 3 is 1.44 bits per heavy atom. The van der Waals surface area contributed by atoms with Crippen LogP contribution in [-0.2, 0) is 21.4 Å². The van der Waals surface area contributed by atoms with Crippen molar-refractivity contribution in [3.05, 3.63) is 0 Å². The summed E-state index contributed by atoms with van der Waals surface area (Å²) in [6.07, 6.45) is 0. The molecule has 0 rings (SSSR count). The summed E-state index contributed by atoms with van der Waals surface area (Å²) in [5.41, 5.74) is 0. The Kier molecular flexibility index (Phi) is 6.47. The van der Waals surface area contributed by atoms with E-state index in [1.165, 1.54) is 0 Å². The molecule has 0 amide bonds. The molecule has 0 aliphatic rings. The molecule has 104 valence electrons. The second-order valence-electron chi connectivity index (χ2n) is 2.55. The molecule has 14 heteroatoms. The van der Waals surface area contributed by atoms with Gasteiger partial charge >= 0.3 is 36.0 Å². The summed E-state index contributed by atoms with van der Waals surface area (Å²) in [4.78, 5) is 0. The molecule has 0 heterocycles. The Morgan fingerprint density at radius 2 is 1.22 bits per heavy atom. The van der Waals surface area contributed by atoms with Crippen LogP contribution in [0.1, 0.15) is 0 Å². The van der Waals surface area contributed by atoms with Gasteiger partial charge < -0.3 is 0 Å². The van der Waals surface area contributed by atoms with Gasteiger partial charge in [-0.3, -0.25) is 5.41 Å². The molecule has 0 spiro atoms. The molecule has 0 radical (unpaired) electrons. The zero-order chi connectivity index (χ0) is 14.2. The van der Waals surface area contributed by atoms with Crippen molar-refractivity contribution in [3.8, 4) is 0 Å². The molecule has 0 fully saturated rings. The third kappa shape index (κ3) is 3.01. The molecule has 0 aromatic rings. The number of hydrogen-bond acceptors (Lipinski definition) is 5. The van der Waals surface area contributed by atoms with Gasteiger partial charge in [0.1, 0.15) is 0 Å². The number of halogens is 6. The first-order valence-corrected chi connectivity index (χ1v) is 5.67. The van der Waals surface area contributed by atoms with Crippen LogP contribution in [0.25, 0.3) is 0 Å². The molecule has 0 aromatic carbocycles. The van der Waals surface area contributed by atoms with E-state index in [2.05, 4.69) is 0 Å². The standard InChI is InChI=1S/C4H3F6NO4S2.Li.H/c5-2(6,1(11)16(12)13)3(7,8)4(9,10)17(14)15;;/h11,16-17H;;. The van der Waals surface area contributed by atoms with E-state index >= 15 is 0 Å². The summed E-state index contributed by atoms with van der Waals surface area (Å²) in [6.45, 7) is 0. The van der Waals surface area contributed by atoms with Crippen molar-refractivity contribution in [2.45, 2.75) is 17.1 Å². The maximum atomic E-state index is 12.6. The molecule has 0 aliphatic heterocycles. The molecule has 18 heavy (non-hydrogen) atoms.